The van der Waals surface area contributed by atoms with Crippen molar-refractivity contribution in [3.63, 3.8) is 0 Å². The van der Waals surface area contributed by atoms with Crippen LogP contribution in [0, 0.1) is 0 Å². The normalized spacial score (nSPS) is 12.2. The van der Waals surface area contributed by atoms with Gasteiger partial charge in [0.2, 0.25) is 5.88 Å². The Morgan fingerprint density at radius 3 is 2.16 bits per heavy atom. The molecule has 0 N–H and O–H groups in total. The van der Waals surface area contributed by atoms with Gasteiger partial charge in [0.15, 0.2) is 12.0 Å². The van der Waals surface area contributed by atoms with Crippen LogP contribution in [-0.2, 0) is 6.18 Å². The number of aromatic nitrogens is 1. The number of rotatable bonds is 3. The number of ether oxygens (including phenoxy) is 2. The van der Waals surface area contributed by atoms with Gasteiger partial charge in [0.25, 0.3) is 0 Å². The zero-order chi connectivity index (χ0) is 14.8. The molecule has 0 saturated heterocycles. The van der Waals surface area contributed by atoms with Gasteiger partial charge in [0.05, 0.1) is 12.7 Å². The summed E-state index contributed by atoms with van der Waals surface area (Å²) in [6.45, 7) is 0. The Kier molecular flexibility index (Phi) is 3.91. The molecule has 0 aliphatic heterocycles. The third-order valence-electron chi connectivity index (χ3n) is 1.82. The number of nitrogens with zero attached hydrogens (tertiary/aromatic N) is 1. The Balaban J connectivity index is 3.43. The molecular formula is C9H5F6NO3. The van der Waals surface area contributed by atoms with Crippen LogP contribution < -0.4 is 9.47 Å². The van der Waals surface area contributed by atoms with Crippen LogP contribution in [0.25, 0.3) is 0 Å². The largest absolute Gasteiger partial charge is 0.574 e. The number of pyridine rings is 1. The molecule has 0 spiro atoms. The Labute approximate surface area is 101 Å². The predicted molar refractivity (Wildman–Crippen MR) is 47.9 cm³/mol. The van der Waals surface area contributed by atoms with E-state index < -0.39 is 35.4 Å². The van der Waals surface area contributed by atoms with Crippen LogP contribution in [-0.4, -0.2) is 24.7 Å². The quantitative estimate of drug-likeness (QED) is 0.634. The summed E-state index contributed by atoms with van der Waals surface area (Å²) in [5.74, 6) is -2.10. The summed E-state index contributed by atoms with van der Waals surface area (Å²) in [4.78, 5) is 13.2. The maximum Gasteiger partial charge on any atom is 0.574 e. The molecule has 0 bridgehead atoms. The average molecular weight is 289 g/mol. The van der Waals surface area contributed by atoms with Crippen LogP contribution in [0.2, 0.25) is 0 Å². The fraction of sp³-hybridized carbons (Fsp3) is 0.333. The van der Waals surface area contributed by atoms with Crippen molar-refractivity contribution in [3.8, 4) is 11.6 Å². The molecule has 0 aromatic carbocycles. The maximum atomic E-state index is 12.6. The minimum absolute atomic E-state index is 0.216. The number of carbonyl (C=O) groups excluding carboxylic acids is 1. The zero-order valence-corrected chi connectivity index (χ0v) is 9.09. The predicted octanol–water partition coefficient (Wildman–Crippen LogP) is 2.82. The van der Waals surface area contributed by atoms with Crippen LogP contribution in [0.4, 0.5) is 26.3 Å². The Morgan fingerprint density at radius 2 is 1.79 bits per heavy atom. The summed E-state index contributed by atoms with van der Waals surface area (Å²) in [6, 6.07) is 0.437. The highest BCUT2D eigenvalue weighted by Gasteiger charge is 2.39. The fourth-order valence-corrected chi connectivity index (χ4v) is 1.18. The number of methoxy groups -OCH3 is 1. The number of aldehydes is 1. The van der Waals surface area contributed by atoms with Gasteiger partial charge in [-0.15, -0.1) is 13.2 Å². The molecule has 10 heteroatoms. The summed E-state index contributed by atoms with van der Waals surface area (Å²) in [5.41, 5.74) is -2.83. The van der Waals surface area contributed by atoms with Crippen molar-refractivity contribution in [1.82, 2.24) is 4.98 Å². The van der Waals surface area contributed by atoms with Crippen molar-refractivity contribution in [3.05, 3.63) is 17.3 Å². The highest BCUT2D eigenvalue weighted by molar-refractivity contribution is 5.81. The molecule has 0 unspecified atom stereocenters. The summed E-state index contributed by atoms with van der Waals surface area (Å²) in [6.07, 6.45) is -10.6. The number of halogens is 6. The van der Waals surface area contributed by atoms with Gasteiger partial charge in [-0.25, -0.2) is 4.98 Å². The Bertz CT molecular complexity index is 482. The Morgan fingerprint density at radius 1 is 1.21 bits per heavy atom. The standard InChI is InChI=1S/C9H5F6NO3/c1-18-5-2-6(19-9(13,14)15)16-7(4(5)3-17)8(10,11)12/h2-3H,1H3. The van der Waals surface area contributed by atoms with Gasteiger partial charge >= 0.3 is 12.5 Å². The molecule has 0 radical (unpaired) electrons. The van der Waals surface area contributed by atoms with Gasteiger partial charge in [-0.3, -0.25) is 4.79 Å². The Hall–Kier alpha value is -2.00. The molecule has 1 aromatic heterocycles. The van der Waals surface area contributed by atoms with Crippen LogP contribution in [0.5, 0.6) is 11.6 Å². The topological polar surface area (TPSA) is 48.4 Å². The zero-order valence-electron chi connectivity index (χ0n) is 9.09. The minimum atomic E-state index is -5.22. The summed E-state index contributed by atoms with van der Waals surface area (Å²) < 4.78 is 81.1. The van der Waals surface area contributed by atoms with E-state index in [1.807, 2.05) is 0 Å². The molecule has 1 aromatic rings. The first-order chi connectivity index (χ1) is 8.58. The van der Waals surface area contributed by atoms with Crippen LogP contribution >= 0.6 is 0 Å². The van der Waals surface area contributed by atoms with Crippen molar-refractivity contribution < 1.29 is 40.6 Å². The first-order valence-electron chi connectivity index (χ1n) is 4.45. The third-order valence-corrected chi connectivity index (χ3v) is 1.82. The highest BCUT2D eigenvalue weighted by Crippen LogP contribution is 2.36. The lowest BCUT2D eigenvalue weighted by atomic mass is 10.2. The molecule has 1 heterocycles. The van der Waals surface area contributed by atoms with Crippen LogP contribution in [0.15, 0.2) is 6.07 Å². The van der Waals surface area contributed by atoms with Crippen molar-refractivity contribution in [2.24, 2.45) is 0 Å². The molecule has 4 nitrogen and oxygen atoms in total. The third kappa shape index (κ3) is 3.73. The number of hydrogen-bond acceptors (Lipinski definition) is 4. The second-order valence-electron chi connectivity index (χ2n) is 3.09. The first-order valence-corrected chi connectivity index (χ1v) is 4.45. The molecular weight excluding hydrogens is 284 g/mol. The van der Waals surface area contributed by atoms with E-state index in [1.165, 1.54) is 0 Å². The average Bonchev–Trinajstić information content (AvgIpc) is 2.24. The van der Waals surface area contributed by atoms with Crippen molar-refractivity contribution >= 4 is 6.29 Å². The molecule has 0 saturated carbocycles. The second-order valence-corrected chi connectivity index (χ2v) is 3.09. The molecule has 0 amide bonds. The second kappa shape index (κ2) is 4.94. The lowest BCUT2D eigenvalue weighted by Crippen LogP contribution is -2.20. The van der Waals surface area contributed by atoms with Crippen molar-refractivity contribution in [1.29, 1.82) is 0 Å². The van der Waals surface area contributed by atoms with Gasteiger partial charge < -0.3 is 9.47 Å². The van der Waals surface area contributed by atoms with Crippen molar-refractivity contribution in [2.75, 3.05) is 7.11 Å². The van der Waals surface area contributed by atoms with E-state index in [2.05, 4.69) is 14.5 Å². The van der Waals surface area contributed by atoms with Gasteiger partial charge in [0.1, 0.15) is 5.75 Å². The SMILES string of the molecule is COc1cc(OC(F)(F)F)nc(C(F)(F)F)c1C=O. The van der Waals surface area contributed by atoms with E-state index in [0.717, 1.165) is 7.11 Å². The molecule has 0 atom stereocenters. The van der Waals surface area contributed by atoms with E-state index >= 15 is 0 Å². The summed E-state index contributed by atoms with van der Waals surface area (Å²) in [7, 11) is 0.889. The summed E-state index contributed by atoms with van der Waals surface area (Å²) >= 11 is 0. The monoisotopic (exact) mass is 289 g/mol. The van der Waals surface area contributed by atoms with E-state index in [4.69, 9.17) is 0 Å². The number of hydrogen-bond donors (Lipinski definition) is 0. The van der Waals surface area contributed by atoms with Crippen LogP contribution in [0.3, 0.4) is 0 Å². The van der Waals surface area contributed by atoms with Crippen LogP contribution in [0.1, 0.15) is 16.1 Å². The molecule has 0 aliphatic rings. The molecule has 106 valence electrons. The lowest BCUT2D eigenvalue weighted by Gasteiger charge is -2.14. The fourth-order valence-electron chi connectivity index (χ4n) is 1.18. The molecule has 0 fully saturated rings. The van der Waals surface area contributed by atoms with Gasteiger partial charge in [-0.1, -0.05) is 0 Å². The minimum Gasteiger partial charge on any atom is -0.496 e. The van der Waals surface area contributed by atoms with E-state index in [-0.39, 0.29) is 6.29 Å². The van der Waals surface area contributed by atoms with E-state index in [1.54, 1.807) is 0 Å². The van der Waals surface area contributed by atoms with E-state index in [9.17, 15) is 31.1 Å². The lowest BCUT2D eigenvalue weighted by molar-refractivity contribution is -0.276. The highest BCUT2D eigenvalue weighted by atomic mass is 19.4. The molecule has 1 rings (SSSR count). The van der Waals surface area contributed by atoms with Gasteiger partial charge in [-0.2, -0.15) is 13.2 Å². The smallest absolute Gasteiger partial charge is 0.496 e. The molecule has 19 heavy (non-hydrogen) atoms. The van der Waals surface area contributed by atoms with Gasteiger partial charge in [0, 0.05) is 6.07 Å². The number of carbonyl (C=O) groups is 1. The van der Waals surface area contributed by atoms with Gasteiger partial charge in [-0.05, 0) is 0 Å². The summed E-state index contributed by atoms with van der Waals surface area (Å²) in [5, 5.41) is 0. The van der Waals surface area contributed by atoms with E-state index in [0.29, 0.717) is 6.07 Å². The van der Waals surface area contributed by atoms with Crippen molar-refractivity contribution in [2.45, 2.75) is 12.5 Å². The first kappa shape index (κ1) is 15.1. The molecule has 0 aliphatic carbocycles. The maximum absolute atomic E-state index is 12.6. The number of alkyl halides is 6.